The molecule has 5 heteroatoms. The van der Waals surface area contributed by atoms with Gasteiger partial charge in [-0.05, 0) is 31.3 Å². The standard InChI is InChI=1S/C13H15N3OS/c1-3-8-16-12(14-15-13(16)18)9-17-11-6-4-10(2)5-7-11/h3-7H,1,8-9H2,2H3,(H,15,18). The SMILES string of the molecule is C=CCn1c(COc2ccc(C)cc2)n[nH]c1=S. The van der Waals surface area contributed by atoms with Crippen LogP contribution in [0.1, 0.15) is 11.4 Å². The molecule has 0 spiro atoms. The minimum absolute atomic E-state index is 0.379. The van der Waals surface area contributed by atoms with Crippen LogP contribution < -0.4 is 4.74 Å². The molecule has 0 saturated heterocycles. The second-order valence-electron chi connectivity index (χ2n) is 3.95. The predicted molar refractivity (Wildman–Crippen MR) is 73.1 cm³/mol. The lowest BCUT2D eigenvalue weighted by Crippen LogP contribution is -2.06. The van der Waals surface area contributed by atoms with Crippen LogP contribution in [0, 0.1) is 11.7 Å². The quantitative estimate of drug-likeness (QED) is 0.664. The Morgan fingerprint density at radius 2 is 2.17 bits per heavy atom. The lowest BCUT2D eigenvalue weighted by molar-refractivity contribution is 0.290. The van der Waals surface area contributed by atoms with Crippen LogP contribution in [0.4, 0.5) is 0 Å². The first-order valence-corrected chi connectivity index (χ1v) is 6.06. The van der Waals surface area contributed by atoms with Crippen molar-refractivity contribution in [3.8, 4) is 5.75 Å². The first kappa shape index (κ1) is 12.6. The summed E-state index contributed by atoms with van der Waals surface area (Å²) in [6.45, 7) is 6.74. The van der Waals surface area contributed by atoms with E-state index in [1.807, 2.05) is 35.8 Å². The normalized spacial score (nSPS) is 10.3. The first-order valence-electron chi connectivity index (χ1n) is 5.65. The highest BCUT2D eigenvalue weighted by molar-refractivity contribution is 7.71. The number of rotatable bonds is 5. The van der Waals surface area contributed by atoms with Gasteiger partial charge in [-0.1, -0.05) is 23.8 Å². The van der Waals surface area contributed by atoms with Gasteiger partial charge in [-0.15, -0.1) is 6.58 Å². The zero-order chi connectivity index (χ0) is 13.0. The molecule has 94 valence electrons. The lowest BCUT2D eigenvalue weighted by Gasteiger charge is -2.07. The summed E-state index contributed by atoms with van der Waals surface area (Å²) < 4.78 is 8.10. The van der Waals surface area contributed by atoms with Gasteiger partial charge in [0.2, 0.25) is 0 Å². The topological polar surface area (TPSA) is 42.8 Å². The fraction of sp³-hybridized carbons (Fsp3) is 0.231. The van der Waals surface area contributed by atoms with Crippen LogP contribution >= 0.6 is 12.2 Å². The summed E-state index contributed by atoms with van der Waals surface area (Å²) in [6, 6.07) is 7.90. The highest BCUT2D eigenvalue weighted by atomic mass is 32.1. The molecule has 0 bridgehead atoms. The monoisotopic (exact) mass is 261 g/mol. The molecule has 18 heavy (non-hydrogen) atoms. The van der Waals surface area contributed by atoms with Crippen LogP contribution in [0.5, 0.6) is 5.75 Å². The summed E-state index contributed by atoms with van der Waals surface area (Å²) in [7, 11) is 0. The molecule has 0 saturated carbocycles. The first-order chi connectivity index (χ1) is 8.70. The molecular formula is C13H15N3OS. The van der Waals surface area contributed by atoms with Crippen molar-refractivity contribution in [1.29, 1.82) is 0 Å². The van der Waals surface area contributed by atoms with Crippen LogP contribution in [-0.2, 0) is 13.2 Å². The number of benzene rings is 1. The van der Waals surface area contributed by atoms with E-state index in [0.29, 0.717) is 17.9 Å². The molecule has 2 rings (SSSR count). The fourth-order valence-corrected chi connectivity index (χ4v) is 1.79. The van der Waals surface area contributed by atoms with Crippen molar-refractivity contribution in [3.63, 3.8) is 0 Å². The molecule has 0 fully saturated rings. The molecule has 1 heterocycles. The Morgan fingerprint density at radius 3 is 2.83 bits per heavy atom. The smallest absolute Gasteiger partial charge is 0.195 e. The molecule has 2 aromatic rings. The van der Waals surface area contributed by atoms with Gasteiger partial charge in [-0.2, -0.15) is 5.10 Å². The Morgan fingerprint density at radius 1 is 1.44 bits per heavy atom. The summed E-state index contributed by atoms with van der Waals surface area (Å²) >= 11 is 5.13. The summed E-state index contributed by atoms with van der Waals surface area (Å²) in [6.07, 6.45) is 1.78. The van der Waals surface area contributed by atoms with Gasteiger partial charge in [0, 0.05) is 6.54 Å². The molecule has 0 atom stereocenters. The van der Waals surface area contributed by atoms with Crippen LogP contribution in [0.2, 0.25) is 0 Å². The van der Waals surface area contributed by atoms with E-state index in [1.54, 1.807) is 6.08 Å². The molecule has 0 aliphatic rings. The van der Waals surface area contributed by atoms with Crippen LogP contribution in [0.15, 0.2) is 36.9 Å². The molecule has 4 nitrogen and oxygen atoms in total. The van der Waals surface area contributed by atoms with Gasteiger partial charge < -0.3 is 4.74 Å². The number of aryl methyl sites for hydroxylation is 1. The van der Waals surface area contributed by atoms with Crippen LogP contribution in [0.3, 0.4) is 0 Å². The number of hydrogen-bond acceptors (Lipinski definition) is 3. The van der Waals surface area contributed by atoms with Crippen molar-refractivity contribution < 1.29 is 4.74 Å². The number of H-pyrrole nitrogens is 1. The van der Waals surface area contributed by atoms with Gasteiger partial charge in [-0.25, -0.2) is 0 Å². The van der Waals surface area contributed by atoms with Crippen molar-refractivity contribution in [2.45, 2.75) is 20.1 Å². The molecule has 0 amide bonds. The zero-order valence-electron chi connectivity index (χ0n) is 10.2. The Bertz CT molecular complexity index is 583. The predicted octanol–water partition coefficient (Wildman–Crippen LogP) is 3.01. The molecule has 0 radical (unpaired) electrons. The third kappa shape index (κ3) is 2.87. The van der Waals surface area contributed by atoms with Gasteiger partial charge in [0.05, 0.1) is 0 Å². The van der Waals surface area contributed by atoms with Gasteiger partial charge >= 0.3 is 0 Å². The van der Waals surface area contributed by atoms with Crippen molar-refractivity contribution in [3.05, 3.63) is 53.1 Å². The summed E-state index contributed by atoms with van der Waals surface area (Å²) in [5, 5.41) is 6.90. The van der Waals surface area contributed by atoms with Gasteiger partial charge in [-0.3, -0.25) is 9.67 Å². The third-order valence-corrected chi connectivity index (χ3v) is 2.85. The number of hydrogen-bond donors (Lipinski definition) is 1. The highest BCUT2D eigenvalue weighted by Gasteiger charge is 2.05. The molecule has 1 aromatic heterocycles. The minimum Gasteiger partial charge on any atom is -0.486 e. The van der Waals surface area contributed by atoms with Crippen molar-refractivity contribution >= 4 is 12.2 Å². The third-order valence-electron chi connectivity index (χ3n) is 2.54. The number of aromatic amines is 1. The zero-order valence-corrected chi connectivity index (χ0v) is 11.0. The van der Waals surface area contributed by atoms with Crippen LogP contribution in [-0.4, -0.2) is 14.8 Å². The molecular weight excluding hydrogens is 246 g/mol. The van der Waals surface area contributed by atoms with Gasteiger partial charge in [0.25, 0.3) is 0 Å². The average Bonchev–Trinajstić information content (AvgIpc) is 2.71. The fourth-order valence-electron chi connectivity index (χ4n) is 1.56. The van der Waals surface area contributed by atoms with E-state index in [2.05, 4.69) is 16.8 Å². The number of nitrogens with one attached hydrogen (secondary N) is 1. The Balaban J connectivity index is 2.08. The van der Waals surface area contributed by atoms with E-state index in [4.69, 9.17) is 17.0 Å². The van der Waals surface area contributed by atoms with E-state index < -0.39 is 0 Å². The Hall–Kier alpha value is -1.88. The maximum Gasteiger partial charge on any atom is 0.195 e. The van der Waals surface area contributed by atoms with Gasteiger partial charge in [0.1, 0.15) is 12.4 Å². The molecule has 1 aromatic carbocycles. The number of ether oxygens (including phenoxy) is 1. The highest BCUT2D eigenvalue weighted by Crippen LogP contribution is 2.13. The maximum atomic E-state index is 5.66. The second-order valence-corrected chi connectivity index (χ2v) is 4.33. The van der Waals surface area contributed by atoms with E-state index in [0.717, 1.165) is 11.6 Å². The van der Waals surface area contributed by atoms with Crippen molar-refractivity contribution in [2.24, 2.45) is 0 Å². The number of nitrogens with zero attached hydrogens (tertiary/aromatic N) is 2. The van der Waals surface area contributed by atoms with E-state index in [-0.39, 0.29) is 0 Å². The summed E-state index contributed by atoms with van der Waals surface area (Å²) in [5.74, 6) is 1.58. The second kappa shape index (κ2) is 5.64. The van der Waals surface area contributed by atoms with Crippen molar-refractivity contribution in [1.82, 2.24) is 14.8 Å². The molecule has 0 aliphatic carbocycles. The number of allylic oxidation sites excluding steroid dienone is 1. The number of aromatic nitrogens is 3. The molecule has 0 unspecified atom stereocenters. The van der Waals surface area contributed by atoms with E-state index >= 15 is 0 Å². The van der Waals surface area contributed by atoms with Crippen molar-refractivity contribution in [2.75, 3.05) is 0 Å². The summed E-state index contributed by atoms with van der Waals surface area (Å²) in [5.41, 5.74) is 1.21. The molecule has 1 N–H and O–H groups in total. The van der Waals surface area contributed by atoms with E-state index in [1.165, 1.54) is 5.56 Å². The summed E-state index contributed by atoms with van der Waals surface area (Å²) in [4.78, 5) is 0. The Kier molecular flexibility index (Phi) is 3.94. The van der Waals surface area contributed by atoms with E-state index in [9.17, 15) is 0 Å². The molecule has 0 aliphatic heterocycles. The maximum absolute atomic E-state index is 5.66. The largest absolute Gasteiger partial charge is 0.486 e. The minimum atomic E-state index is 0.379. The van der Waals surface area contributed by atoms with Crippen LogP contribution in [0.25, 0.3) is 0 Å². The van der Waals surface area contributed by atoms with Gasteiger partial charge in [0.15, 0.2) is 10.6 Å². The lowest BCUT2D eigenvalue weighted by atomic mass is 10.2. The average molecular weight is 261 g/mol. The Labute approximate surface area is 111 Å².